The molecule has 25 heavy (non-hydrogen) atoms. The molecule has 0 amide bonds. The molecule has 2 heterocycles. The maximum absolute atomic E-state index is 12.4. The lowest BCUT2D eigenvalue weighted by atomic mass is 10.0. The van der Waals surface area contributed by atoms with Crippen molar-refractivity contribution in [2.45, 2.75) is 20.8 Å². The fourth-order valence-electron chi connectivity index (χ4n) is 3.11. The fraction of sp³-hybridized carbons (Fsp3) is 0.143. The van der Waals surface area contributed by atoms with E-state index in [4.69, 9.17) is 4.74 Å². The molecule has 0 radical (unpaired) electrons. The molecule has 0 spiro atoms. The van der Waals surface area contributed by atoms with E-state index < -0.39 is 0 Å². The number of aromatic nitrogens is 2. The maximum atomic E-state index is 12.4. The van der Waals surface area contributed by atoms with Crippen LogP contribution in [0.4, 0.5) is 0 Å². The lowest BCUT2D eigenvalue weighted by Gasteiger charge is -2.15. The van der Waals surface area contributed by atoms with Gasteiger partial charge in [0.2, 0.25) is 5.88 Å². The Hall–Kier alpha value is -3.14. The van der Waals surface area contributed by atoms with Gasteiger partial charge in [0.05, 0.1) is 5.52 Å². The summed E-state index contributed by atoms with van der Waals surface area (Å²) < 4.78 is 7.69. The number of hydrogen-bond donors (Lipinski definition) is 0. The third-order valence-corrected chi connectivity index (χ3v) is 4.81. The van der Waals surface area contributed by atoms with Crippen molar-refractivity contribution in [2.24, 2.45) is 0 Å². The lowest BCUT2D eigenvalue weighted by molar-refractivity contribution is 0.449. The summed E-state index contributed by atoms with van der Waals surface area (Å²) in [5.74, 6) is 1.22. The minimum Gasteiger partial charge on any atom is -0.440 e. The summed E-state index contributed by atoms with van der Waals surface area (Å²) in [4.78, 5) is 16.3. The van der Waals surface area contributed by atoms with E-state index >= 15 is 0 Å². The second kappa shape index (κ2) is 5.74. The van der Waals surface area contributed by atoms with Crippen LogP contribution in [-0.2, 0) is 0 Å². The van der Waals surface area contributed by atoms with Gasteiger partial charge in [-0.3, -0.25) is 0 Å². The van der Waals surface area contributed by atoms with Crippen LogP contribution in [0.3, 0.4) is 0 Å². The summed E-state index contributed by atoms with van der Waals surface area (Å²) in [6, 6.07) is 15.6. The molecule has 0 aliphatic carbocycles. The van der Waals surface area contributed by atoms with E-state index in [2.05, 4.69) is 18.8 Å². The number of rotatable bonds is 2. The Bertz CT molecular complexity index is 1180. The summed E-state index contributed by atoms with van der Waals surface area (Å²) in [6.07, 6.45) is 1.54. The molecule has 0 unspecified atom stereocenters. The molecule has 4 aromatic rings. The zero-order valence-electron chi connectivity index (χ0n) is 14.4. The van der Waals surface area contributed by atoms with Crippen LogP contribution in [0.2, 0.25) is 0 Å². The Balaban J connectivity index is 2.01. The van der Waals surface area contributed by atoms with Crippen LogP contribution >= 0.6 is 0 Å². The van der Waals surface area contributed by atoms with Crippen molar-refractivity contribution < 1.29 is 4.74 Å². The molecular weight excluding hydrogens is 312 g/mol. The quantitative estimate of drug-likeness (QED) is 0.506. The van der Waals surface area contributed by atoms with E-state index in [9.17, 15) is 4.79 Å². The highest BCUT2D eigenvalue weighted by Crippen LogP contribution is 2.31. The number of fused-ring (bicyclic) bond motifs is 3. The van der Waals surface area contributed by atoms with Gasteiger partial charge in [0, 0.05) is 17.6 Å². The fourth-order valence-corrected chi connectivity index (χ4v) is 3.11. The van der Waals surface area contributed by atoms with Crippen molar-refractivity contribution in [1.82, 2.24) is 9.38 Å². The molecule has 4 rings (SSSR count). The number of benzene rings is 2. The first-order valence-electron chi connectivity index (χ1n) is 8.20. The molecule has 0 atom stereocenters. The van der Waals surface area contributed by atoms with Gasteiger partial charge >= 0.3 is 5.69 Å². The zero-order chi connectivity index (χ0) is 17.6. The van der Waals surface area contributed by atoms with Crippen molar-refractivity contribution in [3.8, 4) is 11.6 Å². The average Bonchev–Trinajstić information content (AvgIpc) is 2.62. The Morgan fingerprint density at radius 3 is 2.60 bits per heavy atom. The van der Waals surface area contributed by atoms with Crippen LogP contribution < -0.4 is 10.4 Å². The van der Waals surface area contributed by atoms with Crippen LogP contribution in [0.25, 0.3) is 16.3 Å². The highest BCUT2D eigenvalue weighted by atomic mass is 16.5. The van der Waals surface area contributed by atoms with Crippen LogP contribution in [0.15, 0.2) is 59.5 Å². The second-order valence-corrected chi connectivity index (χ2v) is 6.25. The molecule has 2 aromatic carbocycles. The van der Waals surface area contributed by atoms with E-state index in [1.807, 2.05) is 55.5 Å². The molecule has 0 fully saturated rings. The predicted molar refractivity (Wildman–Crippen MR) is 99.7 cm³/mol. The third kappa shape index (κ3) is 2.47. The molecule has 0 N–H and O–H groups in total. The van der Waals surface area contributed by atoms with E-state index in [0.717, 1.165) is 27.6 Å². The van der Waals surface area contributed by atoms with E-state index in [1.54, 1.807) is 0 Å². The van der Waals surface area contributed by atoms with E-state index in [0.29, 0.717) is 5.88 Å². The maximum Gasteiger partial charge on any atom is 0.354 e. The largest absolute Gasteiger partial charge is 0.440 e. The summed E-state index contributed by atoms with van der Waals surface area (Å²) >= 11 is 0. The number of nitrogens with zero attached hydrogens (tertiary/aromatic N) is 2. The smallest absolute Gasteiger partial charge is 0.354 e. The SMILES string of the molecule is Cc1ccc(Oc2cc3ccccc3c3ccnc(=O)n23)c(C)c1C. The van der Waals surface area contributed by atoms with Gasteiger partial charge in [-0.25, -0.2) is 14.2 Å². The summed E-state index contributed by atoms with van der Waals surface area (Å²) in [5, 5.41) is 2.01. The molecule has 0 saturated carbocycles. The van der Waals surface area contributed by atoms with Crippen LogP contribution in [-0.4, -0.2) is 9.38 Å². The molecule has 0 aliphatic rings. The minimum atomic E-state index is -0.347. The molecule has 124 valence electrons. The van der Waals surface area contributed by atoms with Gasteiger partial charge in [-0.05, 0) is 55.0 Å². The van der Waals surface area contributed by atoms with Crippen molar-refractivity contribution in [2.75, 3.05) is 0 Å². The number of aryl methyl sites for hydroxylation is 1. The first kappa shape index (κ1) is 15.4. The lowest BCUT2D eigenvalue weighted by Crippen LogP contribution is -2.17. The van der Waals surface area contributed by atoms with Crippen molar-refractivity contribution >= 4 is 16.3 Å². The summed E-state index contributed by atoms with van der Waals surface area (Å²) in [5.41, 5.74) is 3.91. The molecule has 4 nitrogen and oxygen atoms in total. The molecular formula is C21H18N2O2. The van der Waals surface area contributed by atoms with Crippen LogP contribution in [0, 0.1) is 20.8 Å². The Labute approximate surface area is 145 Å². The Morgan fingerprint density at radius 2 is 1.76 bits per heavy atom. The predicted octanol–water partition coefficient (Wildman–Crippen LogP) is 4.57. The molecule has 0 aliphatic heterocycles. The Morgan fingerprint density at radius 1 is 0.960 bits per heavy atom. The third-order valence-electron chi connectivity index (χ3n) is 4.81. The van der Waals surface area contributed by atoms with Gasteiger partial charge in [-0.1, -0.05) is 30.3 Å². The second-order valence-electron chi connectivity index (χ2n) is 6.25. The van der Waals surface area contributed by atoms with Gasteiger partial charge in [-0.2, -0.15) is 0 Å². The van der Waals surface area contributed by atoms with Crippen molar-refractivity contribution in [1.29, 1.82) is 0 Å². The normalized spacial score (nSPS) is 11.2. The van der Waals surface area contributed by atoms with Crippen molar-refractivity contribution in [3.05, 3.63) is 81.9 Å². The Kier molecular flexibility index (Phi) is 3.53. The standard InChI is InChI=1S/C21H18N2O2/c1-13-8-9-19(15(3)14(13)2)25-20-12-16-6-4-5-7-17(16)18-10-11-22-21(24)23(18)20/h4-12H,1-3H3. The van der Waals surface area contributed by atoms with Crippen molar-refractivity contribution in [3.63, 3.8) is 0 Å². The molecule has 0 saturated heterocycles. The molecule has 2 aromatic heterocycles. The number of hydrogen-bond acceptors (Lipinski definition) is 3. The van der Waals surface area contributed by atoms with E-state index in [1.165, 1.54) is 21.7 Å². The number of pyridine rings is 1. The summed E-state index contributed by atoms with van der Waals surface area (Å²) in [7, 11) is 0. The monoisotopic (exact) mass is 330 g/mol. The van der Waals surface area contributed by atoms with Crippen LogP contribution in [0.1, 0.15) is 16.7 Å². The highest BCUT2D eigenvalue weighted by molar-refractivity contribution is 5.96. The average molecular weight is 330 g/mol. The highest BCUT2D eigenvalue weighted by Gasteiger charge is 2.12. The zero-order valence-corrected chi connectivity index (χ0v) is 14.4. The molecule has 4 heteroatoms. The van der Waals surface area contributed by atoms with Gasteiger partial charge in [0.25, 0.3) is 0 Å². The van der Waals surface area contributed by atoms with Gasteiger partial charge < -0.3 is 4.74 Å². The topological polar surface area (TPSA) is 43.6 Å². The first-order chi connectivity index (χ1) is 12.1. The van der Waals surface area contributed by atoms with E-state index in [-0.39, 0.29) is 5.69 Å². The van der Waals surface area contributed by atoms with Gasteiger partial charge in [-0.15, -0.1) is 0 Å². The first-order valence-corrected chi connectivity index (χ1v) is 8.20. The van der Waals surface area contributed by atoms with Gasteiger partial charge in [0.15, 0.2) is 0 Å². The van der Waals surface area contributed by atoms with Crippen LogP contribution in [0.5, 0.6) is 11.6 Å². The van der Waals surface area contributed by atoms with Gasteiger partial charge in [0.1, 0.15) is 5.75 Å². The summed E-state index contributed by atoms with van der Waals surface area (Å²) in [6.45, 7) is 6.18. The number of ether oxygens (including phenoxy) is 1. The molecule has 0 bridgehead atoms. The minimum absolute atomic E-state index is 0.347.